The summed E-state index contributed by atoms with van der Waals surface area (Å²) in [6.07, 6.45) is 1.42. The zero-order chi connectivity index (χ0) is 14.5. The topological polar surface area (TPSA) is 72.2 Å². The van der Waals surface area contributed by atoms with Gasteiger partial charge in [0.05, 0.1) is 9.88 Å². The summed E-state index contributed by atoms with van der Waals surface area (Å²) in [5, 5.41) is 0. The Morgan fingerprint density at radius 1 is 1.37 bits per heavy atom. The van der Waals surface area contributed by atoms with Crippen LogP contribution in [0, 0.1) is 5.92 Å². The van der Waals surface area contributed by atoms with Gasteiger partial charge in [-0.3, -0.25) is 0 Å². The lowest BCUT2D eigenvalue weighted by Gasteiger charge is -2.11. The van der Waals surface area contributed by atoms with Gasteiger partial charge >= 0.3 is 0 Å². The van der Waals surface area contributed by atoms with Crippen molar-refractivity contribution in [1.82, 2.24) is 4.72 Å². The van der Waals surface area contributed by atoms with E-state index in [4.69, 9.17) is 18.0 Å². The van der Waals surface area contributed by atoms with E-state index in [2.05, 4.69) is 4.72 Å². The molecule has 1 aromatic carbocycles. The molecule has 0 saturated carbocycles. The van der Waals surface area contributed by atoms with Crippen molar-refractivity contribution in [3.8, 4) is 0 Å². The predicted octanol–water partition coefficient (Wildman–Crippen LogP) is 1.84. The summed E-state index contributed by atoms with van der Waals surface area (Å²) in [5.41, 5.74) is 6.36. The van der Waals surface area contributed by atoms with Gasteiger partial charge in [-0.1, -0.05) is 44.6 Å². The van der Waals surface area contributed by atoms with E-state index in [9.17, 15) is 8.42 Å². The van der Waals surface area contributed by atoms with Crippen molar-refractivity contribution in [3.05, 3.63) is 29.8 Å². The molecule has 0 amide bonds. The van der Waals surface area contributed by atoms with Crippen LogP contribution in [0.2, 0.25) is 0 Å². The summed E-state index contributed by atoms with van der Waals surface area (Å²) >= 11 is 4.81. The molecule has 6 heteroatoms. The largest absolute Gasteiger partial charge is 0.393 e. The molecule has 19 heavy (non-hydrogen) atoms. The van der Waals surface area contributed by atoms with Gasteiger partial charge < -0.3 is 5.73 Å². The van der Waals surface area contributed by atoms with Gasteiger partial charge in [-0.2, -0.15) is 0 Å². The minimum Gasteiger partial charge on any atom is -0.393 e. The molecule has 0 aliphatic heterocycles. The van der Waals surface area contributed by atoms with Gasteiger partial charge in [-0.15, -0.1) is 0 Å². The van der Waals surface area contributed by atoms with E-state index in [0.717, 1.165) is 12.0 Å². The average molecular weight is 300 g/mol. The molecular formula is C13H20N2O2S2. The molecule has 1 atom stereocenters. The molecule has 0 heterocycles. The van der Waals surface area contributed by atoms with Crippen molar-refractivity contribution in [2.75, 3.05) is 6.54 Å². The zero-order valence-electron chi connectivity index (χ0n) is 11.2. The lowest BCUT2D eigenvalue weighted by atomic mass is 10.1. The van der Waals surface area contributed by atoms with Crippen molar-refractivity contribution in [3.63, 3.8) is 0 Å². The fourth-order valence-corrected chi connectivity index (χ4v) is 2.80. The van der Waals surface area contributed by atoms with E-state index in [1.165, 1.54) is 0 Å². The Morgan fingerprint density at radius 3 is 2.42 bits per heavy atom. The van der Waals surface area contributed by atoms with Crippen LogP contribution >= 0.6 is 12.2 Å². The molecule has 1 aromatic rings. The highest BCUT2D eigenvalue weighted by molar-refractivity contribution is 7.89. The zero-order valence-corrected chi connectivity index (χ0v) is 12.9. The average Bonchev–Trinajstić information content (AvgIpc) is 2.36. The van der Waals surface area contributed by atoms with Crippen LogP contribution in [-0.4, -0.2) is 20.0 Å². The monoisotopic (exact) mass is 300 g/mol. The van der Waals surface area contributed by atoms with Gasteiger partial charge in [0.2, 0.25) is 10.0 Å². The Balaban J connectivity index is 2.76. The first kappa shape index (κ1) is 16.1. The van der Waals surface area contributed by atoms with Crippen molar-refractivity contribution < 1.29 is 8.42 Å². The van der Waals surface area contributed by atoms with E-state index in [1.54, 1.807) is 24.3 Å². The number of thiocarbonyl (C=S) groups is 1. The second-order valence-electron chi connectivity index (χ2n) is 4.65. The maximum absolute atomic E-state index is 12.0. The third kappa shape index (κ3) is 5.26. The quantitative estimate of drug-likeness (QED) is 0.754. The maximum atomic E-state index is 12.0. The van der Waals surface area contributed by atoms with E-state index in [0.29, 0.717) is 23.9 Å². The molecule has 1 unspecified atom stereocenters. The Kier molecular flexibility index (Phi) is 5.90. The summed E-state index contributed by atoms with van der Waals surface area (Å²) < 4.78 is 26.7. The number of hydrogen-bond acceptors (Lipinski definition) is 3. The number of nitrogens with two attached hydrogens (primary N) is 1. The van der Waals surface area contributed by atoms with Gasteiger partial charge in [0.15, 0.2) is 0 Å². The first-order valence-electron chi connectivity index (χ1n) is 6.22. The van der Waals surface area contributed by atoms with Crippen LogP contribution in [0.25, 0.3) is 0 Å². The second-order valence-corrected chi connectivity index (χ2v) is 6.94. The normalized spacial score (nSPS) is 13.2. The lowest BCUT2D eigenvalue weighted by Crippen LogP contribution is -2.28. The molecule has 0 bridgehead atoms. The van der Waals surface area contributed by atoms with E-state index < -0.39 is 10.0 Å². The van der Waals surface area contributed by atoms with Crippen LogP contribution in [0.4, 0.5) is 0 Å². The van der Waals surface area contributed by atoms with E-state index >= 15 is 0 Å². The van der Waals surface area contributed by atoms with Crippen LogP contribution in [0.15, 0.2) is 29.2 Å². The standard InChI is InChI=1S/C13H20N2O2S2/c1-3-10(2)9-15-19(16,17)12-6-4-11(5-7-12)8-13(14)18/h4-7,10,15H,3,8-9H2,1-2H3,(H2,14,18). The Hall–Kier alpha value is -0.980. The van der Waals surface area contributed by atoms with E-state index in [-0.39, 0.29) is 4.90 Å². The first-order chi connectivity index (χ1) is 8.85. The summed E-state index contributed by atoms with van der Waals surface area (Å²) in [5.74, 6) is 0.323. The molecule has 106 valence electrons. The summed E-state index contributed by atoms with van der Waals surface area (Å²) in [7, 11) is -3.42. The molecule has 3 N–H and O–H groups in total. The van der Waals surface area contributed by atoms with Crippen molar-refractivity contribution >= 4 is 27.2 Å². The molecule has 0 aromatic heterocycles. The summed E-state index contributed by atoms with van der Waals surface area (Å²) in [4.78, 5) is 0.660. The molecule has 0 radical (unpaired) electrons. The summed E-state index contributed by atoms with van der Waals surface area (Å²) in [6, 6.07) is 6.62. The molecular weight excluding hydrogens is 280 g/mol. The number of nitrogens with one attached hydrogen (secondary N) is 1. The van der Waals surface area contributed by atoms with Gasteiger partial charge in [0, 0.05) is 13.0 Å². The fraction of sp³-hybridized carbons (Fsp3) is 0.462. The van der Waals surface area contributed by atoms with Crippen LogP contribution in [0.3, 0.4) is 0 Å². The fourth-order valence-electron chi connectivity index (χ4n) is 1.47. The molecule has 0 saturated heterocycles. The number of benzene rings is 1. The van der Waals surface area contributed by atoms with Crippen molar-refractivity contribution in [1.29, 1.82) is 0 Å². The number of sulfonamides is 1. The molecule has 4 nitrogen and oxygen atoms in total. The van der Waals surface area contributed by atoms with Crippen LogP contribution in [-0.2, 0) is 16.4 Å². The number of hydrogen-bond donors (Lipinski definition) is 2. The van der Waals surface area contributed by atoms with Gasteiger partial charge in [0.1, 0.15) is 0 Å². The van der Waals surface area contributed by atoms with Crippen LogP contribution in [0.1, 0.15) is 25.8 Å². The lowest BCUT2D eigenvalue weighted by molar-refractivity contribution is 0.528. The van der Waals surface area contributed by atoms with Crippen LogP contribution in [0.5, 0.6) is 0 Å². The molecule has 1 rings (SSSR count). The molecule has 0 aliphatic carbocycles. The predicted molar refractivity (Wildman–Crippen MR) is 81.6 cm³/mol. The smallest absolute Gasteiger partial charge is 0.240 e. The van der Waals surface area contributed by atoms with Gasteiger partial charge in [-0.05, 0) is 23.6 Å². The maximum Gasteiger partial charge on any atom is 0.240 e. The minimum absolute atomic E-state index is 0.266. The first-order valence-corrected chi connectivity index (χ1v) is 8.11. The molecule has 0 fully saturated rings. The van der Waals surface area contributed by atoms with E-state index in [1.807, 2.05) is 13.8 Å². The van der Waals surface area contributed by atoms with Crippen LogP contribution < -0.4 is 10.5 Å². The minimum atomic E-state index is -3.42. The molecule has 0 spiro atoms. The van der Waals surface area contributed by atoms with Crippen molar-refractivity contribution in [2.45, 2.75) is 31.6 Å². The molecule has 0 aliphatic rings. The Labute approximate surface area is 120 Å². The second kappa shape index (κ2) is 6.98. The highest BCUT2D eigenvalue weighted by Gasteiger charge is 2.14. The SMILES string of the molecule is CCC(C)CNS(=O)(=O)c1ccc(CC(N)=S)cc1. The third-order valence-corrected chi connectivity index (χ3v) is 4.51. The van der Waals surface area contributed by atoms with Crippen molar-refractivity contribution in [2.24, 2.45) is 11.7 Å². The Bertz CT molecular complexity index is 524. The number of rotatable bonds is 7. The highest BCUT2D eigenvalue weighted by Crippen LogP contribution is 2.11. The summed E-state index contributed by atoms with van der Waals surface area (Å²) in [6.45, 7) is 4.49. The third-order valence-electron chi connectivity index (χ3n) is 2.93. The van der Waals surface area contributed by atoms with Gasteiger partial charge in [0.25, 0.3) is 0 Å². The Morgan fingerprint density at radius 2 is 1.95 bits per heavy atom. The highest BCUT2D eigenvalue weighted by atomic mass is 32.2. The van der Waals surface area contributed by atoms with Gasteiger partial charge in [-0.25, -0.2) is 13.1 Å².